The molecule has 1 fully saturated rings. The fourth-order valence-corrected chi connectivity index (χ4v) is 2.56. The van der Waals surface area contributed by atoms with Gasteiger partial charge in [-0.15, -0.1) is 0 Å². The maximum atomic E-state index is 12.4. The second kappa shape index (κ2) is 5.91. The molecule has 0 bridgehead atoms. The van der Waals surface area contributed by atoms with E-state index in [9.17, 15) is 4.79 Å². The van der Waals surface area contributed by atoms with Gasteiger partial charge in [0, 0.05) is 24.1 Å². The van der Waals surface area contributed by atoms with Gasteiger partial charge in [0.05, 0.1) is 11.7 Å². The van der Waals surface area contributed by atoms with E-state index in [1.165, 1.54) is 0 Å². The second-order valence-electron chi connectivity index (χ2n) is 7.85. The van der Waals surface area contributed by atoms with E-state index in [2.05, 4.69) is 4.98 Å². The van der Waals surface area contributed by atoms with Gasteiger partial charge in [-0.25, -0.2) is 4.98 Å². The smallest absolute Gasteiger partial charge is 0.402 e. The Morgan fingerprint density at radius 1 is 1.39 bits per heavy atom. The summed E-state index contributed by atoms with van der Waals surface area (Å²) < 4.78 is 11.8. The highest BCUT2D eigenvalue weighted by molar-refractivity contribution is 6.61. The van der Waals surface area contributed by atoms with Gasteiger partial charge in [0.1, 0.15) is 5.82 Å². The van der Waals surface area contributed by atoms with Gasteiger partial charge in [-0.2, -0.15) is 0 Å². The topological polar surface area (TPSA) is 51.7 Å². The highest BCUT2D eigenvalue weighted by Gasteiger charge is 2.44. The Morgan fingerprint density at radius 2 is 2.00 bits per heavy atom. The number of amides is 1. The largest absolute Gasteiger partial charge is 0.496 e. The number of anilines is 1. The van der Waals surface area contributed by atoms with Gasteiger partial charge in [0.2, 0.25) is 5.91 Å². The Morgan fingerprint density at radius 3 is 2.43 bits per heavy atom. The van der Waals surface area contributed by atoms with E-state index in [4.69, 9.17) is 9.31 Å². The average molecular weight is 318 g/mol. The molecule has 1 amide bonds. The summed E-state index contributed by atoms with van der Waals surface area (Å²) in [6, 6.07) is 1.98. The zero-order chi connectivity index (χ0) is 17.6. The Hall–Kier alpha value is -1.40. The van der Waals surface area contributed by atoms with Crippen molar-refractivity contribution >= 4 is 24.3 Å². The average Bonchev–Trinajstić information content (AvgIpc) is 2.70. The first kappa shape index (κ1) is 18.0. The van der Waals surface area contributed by atoms with E-state index in [1.54, 1.807) is 18.1 Å². The van der Waals surface area contributed by atoms with Crippen LogP contribution in [0.1, 0.15) is 47.1 Å². The maximum absolute atomic E-state index is 12.4. The minimum Gasteiger partial charge on any atom is -0.402 e. The number of carbonyl (C=O) groups is 1. The molecular formula is C17H27BN2O3. The van der Waals surface area contributed by atoms with Crippen molar-refractivity contribution in [3.8, 4) is 0 Å². The minimum absolute atomic E-state index is 0.0117. The van der Waals surface area contributed by atoms with Crippen molar-refractivity contribution in [2.75, 3.05) is 11.9 Å². The summed E-state index contributed by atoms with van der Waals surface area (Å²) >= 11 is 0. The molecule has 1 aliphatic rings. The van der Waals surface area contributed by atoms with Crippen molar-refractivity contribution < 1.29 is 14.1 Å². The molecule has 5 nitrogen and oxygen atoms in total. The standard InChI is InChI=1S/C17H27BN2O3/c1-11-9-13(18-22-12(2)17(6,7)23-18)10-19-14(11)20(8)15(21)16(3,4)5/h9-10,12H,1-8H3. The van der Waals surface area contributed by atoms with Gasteiger partial charge in [0.15, 0.2) is 0 Å². The van der Waals surface area contributed by atoms with Crippen LogP contribution in [0.25, 0.3) is 0 Å². The quantitative estimate of drug-likeness (QED) is 0.785. The summed E-state index contributed by atoms with van der Waals surface area (Å²) in [5.74, 6) is 0.697. The van der Waals surface area contributed by atoms with Crippen LogP contribution < -0.4 is 10.4 Å². The summed E-state index contributed by atoms with van der Waals surface area (Å²) in [6.07, 6.45) is 1.74. The molecule has 2 rings (SSSR count). The summed E-state index contributed by atoms with van der Waals surface area (Å²) in [5.41, 5.74) is 1.03. The zero-order valence-electron chi connectivity index (χ0n) is 15.4. The van der Waals surface area contributed by atoms with Crippen molar-refractivity contribution in [3.63, 3.8) is 0 Å². The first-order valence-corrected chi connectivity index (χ1v) is 8.01. The number of aromatic nitrogens is 1. The Labute approximate surface area is 139 Å². The fourth-order valence-electron chi connectivity index (χ4n) is 2.56. The molecule has 1 saturated heterocycles. The van der Waals surface area contributed by atoms with E-state index in [0.717, 1.165) is 11.0 Å². The van der Waals surface area contributed by atoms with Crippen molar-refractivity contribution in [2.45, 2.75) is 60.2 Å². The first-order chi connectivity index (χ1) is 10.4. The van der Waals surface area contributed by atoms with Gasteiger partial charge in [-0.1, -0.05) is 26.8 Å². The van der Waals surface area contributed by atoms with E-state index < -0.39 is 12.5 Å². The van der Waals surface area contributed by atoms with Gasteiger partial charge in [-0.05, 0) is 33.3 Å². The van der Waals surface area contributed by atoms with E-state index in [-0.39, 0.29) is 17.6 Å². The maximum Gasteiger partial charge on any atom is 0.496 e. The van der Waals surface area contributed by atoms with Crippen LogP contribution in [0.3, 0.4) is 0 Å². The molecule has 0 aliphatic carbocycles. The molecule has 1 unspecified atom stereocenters. The summed E-state index contributed by atoms with van der Waals surface area (Å²) in [5, 5.41) is 0. The van der Waals surface area contributed by atoms with Crippen LogP contribution >= 0.6 is 0 Å². The van der Waals surface area contributed by atoms with E-state index in [1.807, 2.05) is 54.5 Å². The molecule has 6 heteroatoms. The molecule has 0 spiro atoms. The van der Waals surface area contributed by atoms with Crippen molar-refractivity contribution in [1.29, 1.82) is 0 Å². The third-order valence-electron chi connectivity index (χ3n) is 4.33. The number of hydrogen-bond donors (Lipinski definition) is 0. The normalized spacial score (nSPS) is 20.7. The Balaban J connectivity index is 2.24. The highest BCUT2D eigenvalue weighted by atomic mass is 16.7. The molecule has 126 valence electrons. The van der Waals surface area contributed by atoms with Crippen LogP contribution in [0, 0.1) is 12.3 Å². The molecule has 23 heavy (non-hydrogen) atoms. The van der Waals surface area contributed by atoms with Gasteiger partial charge >= 0.3 is 7.12 Å². The number of nitrogens with zero attached hydrogens (tertiary/aromatic N) is 2. The lowest BCUT2D eigenvalue weighted by molar-refractivity contribution is -0.125. The van der Waals surface area contributed by atoms with Gasteiger partial charge in [-0.3, -0.25) is 9.69 Å². The van der Waals surface area contributed by atoms with Crippen LogP contribution in [-0.4, -0.2) is 36.8 Å². The molecule has 1 aromatic heterocycles. The third kappa shape index (κ3) is 3.58. The molecule has 1 aliphatic heterocycles. The van der Waals surface area contributed by atoms with Gasteiger partial charge < -0.3 is 9.31 Å². The van der Waals surface area contributed by atoms with Crippen LogP contribution in [0.5, 0.6) is 0 Å². The minimum atomic E-state index is -0.446. The molecule has 0 saturated carbocycles. The summed E-state index contributed by atoms with van der Waals surface area (Å²) in [7, 11) is 1.35. The molecule has 1 atom stereocenters. The number of hydrogen-bond acceptors (Lipinski definition) is 4. The Kier molecular flexibility index (Phi) is 4.61. The predicted octanol–water partition coefficient (Wildman–Crippen LogP) is 2.31. The molecule has 2 heterocycles. The molecule has 0 radical (unpaired) electrons. The number of pyridine rings is 1. The monoisotopic (exact) mass is 318 g/mol. The molecule has 0 N–H and O–H groups in total. The highest BCUT2D eigenvalue weighted by Crippen LogP contribution is 2.27. The van der Waals surface area contributed by atoms with Crippen molar-refractivity contribution in [2.24, 2.45) is 5.41 Å². The SMILES string of the molecule is Cc1cc(B2OC(C)C(C)(C)O2)cnc1N(C)C(=O)C(C)(C)C. The zero-order valence-corrected chi connectivity index (χ0v) is 15.4. The third-order valence-corrected chi connectivity index (χ3v) is 4.33. The van der Waals surface area contributed by atoms with Crippen LogP contribution in [0.4, 0.5) is 5.82 Å². The van der Waals surface area contributed by atoms with E-state index >= 15 is 0 Å². The van der Waals surface area contributed by atoms with E-state index in [0.29, 0.717) is 5.82 Å². The van der Waals surface area contributed by atoms with Crippen LogP contribution in [0.2, 0.25) is 0 Å². The molecule has 0 aromatic carbocycles. The second-order valence-corrected chi connectivity index (χ2v) is 7.85. The lowest BCUT2D eigenvalue weighted by atomic mass is 9.80. The molecule has 1 aromatic rings. The van der Waals surface area contributed by atoms with Crippen LogP contribution in [-0.2, 0) is 14.1 Å². The lowest BCUT2D eigenvalue weighted by Gasteiger charge is -2.26. The lowest BCUT2D eigenvalue weighted by Crippen LogP contribution is -2.39. The first-order valence-electron chi connectivity index (χ1n) is 8.01. The van der Waals surface area contributed by atoms with Crippen molar-refractivity contribution in [1.82, 2.24) is 4.98 Å². The number of rotatable bonds is 2. The van der Waals surface area contributed by atoms with Crippen molar-refractivity contribution in [3.05, 3.63) is 17.8 Å². The van der Waals surface area contributed by atoms with Crippen LogP contribution in [0.15, 0.2) is 12.3 Å². The predicted molar refractivity (Wildman–Crippen MR) is 92.9 cm³/mol. The fraction of sp³-hybridized carbons (Fsp3) is 0.647. The van der Waals surface area contributed by atoms with Gasteiger partial charge in [0.25, 0.3) is 0 Å². The number of aryl methyl sites for hydroxylation is 1. The number of carbonyl (C=O) groups excluding carboxylic acids is 1. The Bertz CT molecular complexity index is 610. The summed E-state index contributed by atoms with van der Waals surface area (Å²) in [4.78, 5) is 18.5. The summed E-state index contributed by atoms with van der Waals surface area (Å²) in [6.45, 7) is 13.7. The molecular weight excluding hydrogens is 291 g/mol.